The first-order chi connectivity index (χ1) is 7.67. The molecule has 0 unspecified atom stereocenters. The zero-order chi connectivity index (χ0) is 13.3. The molecule has 0 radical (unpaired) electrons. The molecule has 0 saturated heterocycles. The number of hydrogen-bond acceptors (Lipinski definition) is 4. The molecule has 1 rings (SSSR count). The summed E-state index contributed by atoms with van der Waals surface area (Å²) in [5, 5.41) is 3.23. The topological polar surface area (TPSA) is 153 Å². The Morgan fingerprint density at radius 3 is 2.00 bits per heavy atom. The van der Waals surface area contributed by atoms with E-state index < -0.39 is 20.1 Å². The van der Waals surface area contributed by atoms with Crippen LogP contribution in [0.2, 0.25) is 0 Å². The third-order valence-corrected chi connectivity index (χ3v) is 7.47. The van der Waals surface area contributed by atoms with E-state index in [1.54, 1.807) is 0 Å². The Kier molecular flexibility index (Phi) is 4.19. The van der Waals surface area contributed by atoms with Gasteiger partial charge >= 0.3 is 15.2 Å². The Hall–Kier alpha value is -0.230. The van der Waals surface area contributed by atoms with E-state index in [-0.39, 0.29) is 18.6 Å². The first kappa shape index (κ1) is 14.8. The van der Waals surface area contributed by atoms with Gasteiger partial charge in [-0.1, -0.05) is 12.8 Å². The van der Waals surface area contributed by atoms with Gasteiger partial charge in [0.05, 0.1) is 5.71 Å². The Labute approximate surface area is 98.2 Å². The Bertz CT molecular complexity index is 389. The van der Waals surface area contributed by atoms with Crippen LogP contribution in [-0.4, -0.2) is 30.2 Å². The van der Waals surface area contributed by atoms with Crippen molar-refractivity contribution >= 4 is 20.9 Å². The van der Waals surface area contributed by atoms with E-state index in [1.807, 2.05) is 0 Å². The zero-order valence-electron chi connectivity index (χ0n) is 9.06. The molecular weight excluding hydrogens is 270 g/mol. The molecule has 0 bridgehead atoms. The predicted molar refractivity (Wildman–Crippen MR) is 61.5 cm³/mol. The van der Waals surface area contributed by atoms with E-state index in [4.69, 9.17) is 5.84 Å². The number of hydrogen-bond donors (Lipinski definition) is 5. The maximum absolute atomic E-state index is 11.5. The normalized spacial score (nSPS) is 24.6. The van der Waals surface area contributed by atoms with Crippen molar-refractivity contribution in [2.24, 2.45) is 10.9 Å². The van der Waals surface area contributed by atoms with Crippen LogP contribution in [0.15, 0.2) is 5.10 Å². The minimum Gasteiger partial charge on any atom is -0.323 e. The Morgan fingerprint density at radius 2 is 1.59 bits per heavy atom. The van der Waals surface area contributed by atoms with Gasteiger partial charge in [0, 0.05) is 0 Å². The zero-order valence-corrected chi connectivity index (χ0v) is 10.8. The molecule has 0 aromatic heterocycles. The minimum absolute atomic E-state index is 0.0900. The highest BCUT2D eigenvalue weighted by Gasteiger charge is 2.63. The summed E-state index contributed by atoms with van der Waals surface area (Å²) in [5.41, 5.74) is -0.281. The molecule has 0 spiro atoms. The van der Waals surface area contributed by atoms with Crippen LogP contribution in [0.5, 0.6) is 0 Å². The van der Waals surface area contributed by atoms with Crippen LogP contribution in [0.4, 0.5) is 0 Å². The van der Waals surface area contributed by atoms with Gasteiger partial charge in [-0.2, -0.15) is 5.10 Å². The molecule has 1 saturated carbocycles. The van der Waals surface area contributed by atoms with Crippen molar-refractivity contribution < 1.29 is 28.7 Å². The highest BCUT2D eigenvalue weighted by Crippen LogP contribution is 2.72. The third-order valence-electron chi connectivity index (χ3n) is 3.02. The van der Waals surface area contributed by atoms with Gasteiger partial charge in [-0.05, 0) is 19.3 Å². The molecule has 100 valence electrons. The molecule has 6 N–H and O–H groups in total. The van der Waals surface area contributed by atoms with Gasteiger partial charge in [0.1, 0.15) is 0 Å². The van der Waals surface area contributed by atoms with Gasteiger partial charge in [0.2, 0.25) is 4.90 Å². The standard InChI is InChI=1S/C7H16N2O6P2/c8-9-6-4-2-1-3-5-7(6,16(10,11)12)17(13,14)15/h1-5,8H2,(H2,10,11,12)(H2,13,14,15). The number of hydrazone groups is 1. The lowest BCUT2D eigenvalue weighted by Crippen LogP contribution is -2.38. The number of rotatable bonds is 2. The van der Waals surface area contributed by atoms with Crippen molar-refractivity contribution in [3.63, 3.8) is 0 Å². The van der Waals surface area contributed by atoms with Crippen LogP contribution in [-0.2, 0) is 9.13 Å². The van der Waals surface area contributed by atoms with Crippen LogP contribution >= 0.6 is 15.2 Å². The largest absolute Gasteiger partial charge is 0.349 e. The third kappa shape index (κ3) is 2.47. The van der Waals surface area contributed by atoms with Crippen LogP contribution in [0.25, 0.3) is 0 Å². The fourth-order valence-electron chi connectivity index (χ4n) is 2.15. The smallest absolute Gasteiger partial charge is 0.323 e. The van der Waals surface area contributed by atoms with Crippen LogP contribution < -0.4 is 5.84 Å². The van der Waals surface area contributed by atoms with Gasteiger partial charge < -0.3 is 25.4 Å². The Morgan fingerprint density at radius 1 is 1.06 bits per heavy atom. The van der Waals surface area contributed by atoms with Gasteiger partial charge in [0.25, 0.3) is 0 Å². The summed E-state index contributed by atoms with van der Waals surface area (Å²) >= 11 is 0. The summed E-state index contributed by atoms with van der Waals surface area (Å²) in [6.07, 6.45) is 1.28. The van der Waals surface area contributed by atoms with Crippen molar-refractivity contribution in [3.05, 3.63) is 0 Å². The van der Waals surface area contributed by atoms with E-state index in [9.17, 15) is 28.7 Å². The lowest BCUT2D eigenvalue weighted by molar-refractivity contribution is 0.321. The highest BCUT2D eigenvalue weighted by molar-refractivity contribution is 7.74. The molecule has 1 fully saturated rings. The van der Waals surface area contributed by atoms with Gasteiger partial charge in [-0.3, -0.25) is 9.13 Å². The van der Waals surface area contributed by atoms with Crippen LogP contribution in [0.3, 0.4) is 0 Å². The van der Waals surface area contributed by atoms with E-state index in [0.29, 0.717) is 19.3 Å². The second-order valence-electron chi connectivity index (χ2n) is 4.04. The first-order valence-electron chi connectivity index (χ1n) is 5.05. The predicted octanol–water partition coefficient (Wildman–Crippen LogP) is 0.317. The summed E-state index contributed by atoms with van der Waals surface area (Å²) < 4.78 is 23.1. The molecule has 0 heterocycles. The van der Waals surface area contributed by atoms with Crippen molar-refractivity contribution in [2.75, 3.05) is 0 Å². The van der Waals surface area contributed by atoms with Crippen LogP contribution in [0, 0.1) is 0 Å². The van der Waals surface area contributed by atoms with Gasteiger partial charge in [-0.15, -0.1) is 0 Å². The molecule has 17 heavy (non-hydrogen) atoms. The number of nitrogens with two attached hydrogens (primary N) is 1. The monoisotopic (exact) mass is 286 g/mol. The molecule has 10 heteroatoms. The van der Waals surface area contributed by atoms with Crippen molar-refractivity contribution in [1.29, 1.82) is 0 Å². The number of nitrogens with zero attached hydrogens (tertiary/aromatic N) is 1. The molecule has 1 aliphatic rings. The summed E-state index contributed by atoms with van der Waals surface area (Å²) in [6.45, 7) is 0. The molecule has 0 atom stereocenters. The van der Waals surface area contributed by atoms with Crippen LogP contribution in [0.1, 0.15) is 32.1 Å². The average Bonchev–Trinajstić information content (AvgIpc) is 2.36. The summed E-state index contributed by atoms with van der Waals surface area (Å²) in [4.78, 5) is 34.8. The molecule has 0 amide bonds. The lowest BCUT2D eigenvalue weighted by atomic mass is 10.1. The summed E-state index contributed by atoms with van der Waals surface area (Å²) in [5.74, 6) is 5.04. The first-order valence-corrected chi connectivity index (χ1v) is 8.28. The lowest BCUT2D eigenvalue weighted by Gasteiger charge is -2.34. The minimum atomic E-state index is -5.07. The molecule has 0 aromatic carbocycles. The summed E-state index contributed by atoms with van der Waals surface area (Å²) in [6, 6.07) is 0. The molecule has 8 nitrogen and oxygen atoms in total. The quantitative estimate of drug-likeness (QED) is 0.212. The Balaban J connectivity index is 3.49. The molecular formula is C7H16N2O6P2. The van der Waals surface area contributed by atoms with Crippen molar-refractivity contribution in [2.45, 2.75) is 37.0 Å². The molecule has 1 aliphatic carbocycles. The fraction of sp³-hybridized carbons (Fsp3) is 0.857. The second-order valence-corrected chi connectivity index (χ2v) is 8.10. The van der Waals surface area contributed by atoms with Crippen molar-refractivity contribution in [3.8, 4) is 0 Å². The fourth-order valence-corrected chi connectivity index (χ4v) is 5.42. The SMILES string of the molecule is NN=C1CCCCCC1(P(=O)(O)O)P(=O)(O)O. The van der Waals surface area contributed by atoms with E-state index in [2.05, 4.69) is 5.10 Å². The molecule has 0 aromatic rings. The average molecular weight is 286 g/mol. The van der Waals surface area contributed by atoms with Gasteiger partial charge in [-0.25, -0.2) is 0 Å². The maximum Gasteiger partial charge on any atom is 0.349 e. The van der Waals surface area contributed by atoms with E-state index >= 15 is 0 Å². The molecule has 0 aliphatic heterocycles. The van der Waals surface area contributed by atoms with Crippen molar-refractivity contribution in [1.82, 2.24) is 0 Å². The van der Waals surface area contributed by atoms with E-state index in [1.165, 1.54) is 0 Å². The second kappa shape index (κ2) is 4.80. The highest BCUT2D eigenvalue weighted by atomic mass is 31.2. The maximum atomic E-state index is 11.5. The van der Waals surface area contributed by atoms with E-state index in [0.717, 1.165) is 0 Å². The summed E-state index contributed by atoms with van der Waals surface area (Å²) in [7, 11) is -10.1. The van der Waals surface area contributed by atoms with Gasteiger partial charge in [0.15, 0.2) is 0 Å².